The topological polar surface area (TPSA) is 80.7 Å². The van der Waals surface area contributed by atoms with Crippen LogP contribution in [0.25, 0.3) is 0 Å². The van der Waals surface area contributed by atoms with Crippen molar-refractivity contribution in [1.82, 2.24) is 0 Å². The quantitative estimate of drug-likeness (QED) is 0.422. The van der Waals surface area contributed by atoms with Crippen molar-refractivity contribution < 1.29 is 31.3 Å². The largest absolute Gasteiger partial charge is 0.465 e. The van der Waals surface area contributed by atoms with Crippen LogP contribution in [0.4, 0.5) is 8.78 Å². The van der Waals surface area contributed by atoms with Gasteiger partial charge in [0, 0.05) is 5.41 Å². The highest BCUT2D eigenvalue weighted by Gasteiger charge is 2.54. The second kappa shape index (κ2) is 7.55. The van der Waals surface area contributed by atoms with E-state index in [9.17, 15) is 22.0 Å². The zero-order valence-corrected chi connectivity index (χ0v) is 17.3. The molecule has 0 bridgehead atoms. The lowest BCUT2D eigenvalue weighted by molar-refractivity contribution is -0.164. The van der Waals surface area contributed by atoms with Crippen LogP contribution < -0.4 is 0 Å². The Morgan fingerprint density at radius 2 is 1.82 bits per heavy atom. The number of alkyl halides is 2. The third-order valence-electron chi connectivity index (χ3n) is 5.26. The van der Waals surface area contributed by atoms with Crippen molar-refractivity contribution >= 4 is 16.1 Å². The average molecular weight is 416 g/mol. The fourth-order valence-electron chi connectivity index (χ4n) is 3.95. The van der Waals surface area contributed by atoms with Gasteiger partial charge in [0.25, 0.3) is 0 Å². The van der Waals surface area contributed by atoms with E-state index in [1.165, 1.54) is 0 Å². The van der Waals surface area contributed by atoms with Crippen molar-refractivity contribution in [1.29, 1.82) is 0 Å². The summed E-state index contributed by atoms with van der Waals surface area (Å²) in [4.78, 5) is 11.6. The van der Waals surface area contributed by atoms with E-state index in [1.807, 2.05) is 44.2 Å². The lowest BCUT2D eigenvalue weighted by Crippen LogP contribution is -2.42. The van der Waals surface area contributed by atoms with Gasteiger partial charge in [0.1, 0.15) is 6.61 Å². The highest BCUT2D eigenvalue weighted by molar-refractivity contribution is 7.87. The first kappa shape index (κ1) is 22.5. The van der Waals surface area contributed by atoms with Gasteiger partial charge >= 0.3 is 21.3 Å². The first-order valence-corrected chi connectivity index (χ1v) is 10.5. The Hall–Kier alpha value is -1.80. The number of carbonyl (C=O) groups excluding carboxylic acids is 1. The second-order valence-corrected chi connectivity index (χ2v) is 9.62. The van der Waals surface area contributed by atoms with Crippen LogP contribution in [-0.2, 0) is 25.1 Å². The van der Waals surface area contributed by atoms with E-state index in [0.29, 0.717) is 6.42 Å². The molecule has 1 aliphatic rings. The third kappa shape index (κ3) is 4.60. The normalized spacial score (nSPS) is 25.9. The SMILES string of the molecule is CCC1=CC(C)(COC(=O)C(F)(F)S(=O)(=O)O)CC(C)(c2ccc(C)cc2)C1. The van der Waals surface area contributed by atoms with Crippen LogP contribution in [0.2, 0.25) is 0 Å². The fraction of sp³-hybridized carbons (Fsp3) is 0.550. The minimum atomic E-state index is -5.88. The lowest BCUT2D eigenvalue weighted by Gasteiger charge is -2.43. The zero-order valence-electron chi connectivity index (χ0n) is 16.5. The molecule has 0 radical (unpaired) electrons. The fourth-order valence-corrected chi connectivity index (χ4v) is 4.22. The maximum Gasteiger partial charge on any atom is 0.465 e. The number of hydrogen-bond acceptors (Lipinski definition) is 4. The van der Waals surface area contributed by atoms with Crippen molar-refractivity contribution in [2.24, 2.45) is 5.41 Å². The first-order valence-electron chi connectivity index (χ1n) is 9.02. The summed E-state index contributed by atoms with van der Waals surface area (Å²) >= 11 is 0. The van der Waals surface area contributed by atoms with E-state index in [-0.39, 0.29) is 5.41 Å². The van der Waals surface area contributed by atoms with Crippen LogP contribution in [0, 0.1) is 12.3 Å². The van der Waals surface area contributed by atoms with Gasteiger partial charge in [0.05, 0.1) is 0 Å². The van der Waals surface area contributed by atoms with Gasteiger partial charge in [-0.05, 0) is 37.2 Å². The molecule has 156 valence electrons. The molecule has 1 aliphatic carbocycles. The number of benzene rings is 1. The monoisotopic (exact) mass is 416 g/mol. The van der Waals surface area contributed by atoms with Crippen molar-refractivity contribution in [3.63, 3.8) is 0 Å². The van der Waals surface area contributed by atoms with E-state index in [2.05, 4.69) is 11.7 Å². The summed E-state index contributed by atoms with van der Waals surface area (Å²) in [5, 5.41) is -4.99. The summed E-state index contributed by atoms with van der Waals surface area (Å²) in [6.07, 6.45) is 3.99. The van der Waals surface area contributed by atoms with Gasteiger partial charge in [-0.2, -0.15) is 17.2 Å². The second-order valence-electron chi connectivity index (χ2n) is 8.16. The van der Waals surface area contributed by atoms with Crippen LogP contribution in [-0.4, -0.2) is 30.8 Å². The molecule has 1 aromatic carbocycles. The zero-order chi connectivity index (χ0) is 21.4. The highest BCUT2D eigenvalue weighted by atomic mass is 32.2. The van der Waals surface area contributed by atoms with E-state index < -0.39 is 33.4 Å². The van der Waals surface area contributed by atoms with Gasteiger partial charge in [-0.1, -0.05) is 62.2 Å². The Morgan fingerprint density at radius 3 is 2.32 bits per heavy atom. The Labute approximate surface area is 164 Å². The van der Waals surface area contributed by atoms with Crippen molar-refractivity contribution in [2.45, 2.75) is 57.6 Å². The van der Waals surface area contributed by atoms with Gasteiger partial charge in [0.2, 0.25) is 0 Å². The third-order valence-corrected chi connectivity index (χ3v) is 6.08. The minimum absolute atomic E-state index is 0.291. The number of halogens is 2. The van der Waals surface area contributed by atoms with Gasteiger partial charge in [-0.15, -0.1) is 0 Å². The van der Waals surface area contributed by atoms with E-state index >= 15 is 0 Å². The molecule has 0 amide bonds. The molecule has 1 aromatic rings. The van der Waals surface area contributed by atoms with Gasteiger partial charge in [-0.25, -0.2) is 4.79 Å². The van der Waals surface area contributed by atoms with Crippen LogP contribution in [0.3, 0.4) is 0 Å². The molecule has 2 rings (SSSR count). The molecule has 28 heavy (non-hydrogen) atoms. The molecule has 0 aromatic heterocycles. The maximum atomic E-state index is 13.5. The van der Waals surface area contributed by atoms with Crippen LogP contribution in [0.1, 0.15) is 51.2 Å². The molecular formula is C20H26F2O5S. The Morgan fingerprint density at radius 1 is 1.25 bits per heavy atom. The average Bonchev–Trinajstić information content (AvgIpc) is 2.58. The lowest BCUT2D eigenvalue weighted by atomic mass is 9.62. The van der Waals surface area contributed by atoms with Gasteiger partial charge < -0.3 is 4.74 Å². The minimum Gasteiger partial charge on any atom is -0.459 e. The van der Waals surface area contributed by atoms with Crippen molar-refractivity contribution in [3.05, 3.63) is 47.0 Å². The molecule has 0 heterocycles. The van der Waals surface area contributed by atoms with Crippen molar-refractivity contribution in [2.75, 3.05) is 6.61 Å². The Kier molecular flexibility index (Phi) is 6.07. The Bertz CT molecular complexity index is 876. The summed E-state index contributed by atoms with van der Waals surface area (Å²) in [6.45, 7) is 7.43. The predicted octanol–water partition coefficient (Wildman–Crippen LogP) is 4.41. The molecule has 5 nitrogen and oxygen atoms in total. The van der Waals surface area contributed by atoms with E-state index in [0.717, 1.165) is 29.5 Å². The summed E-state index contributed by atoms with van der Waals surface area (Å²) in [5.41, 5.74) is 2.28. The molecule has 2 unspecified atom stereocenters. The Balaban J connectivity index is 2.27. The first-order chi connectivity index (χ1) is 12.7. The summed E-state index contributed by atoms with van der Waals surface area (Å²) in [6, 6.07) is 8.09. The molecule has 0 fully saturated rings. The van der Waals surface area contributed by atoms with Crippen molar-refractivity contribution in [3.8, 4) is 0 Å². The highest BCUT2D eigenvalue weighted by Crippen LogP contribution is 2.48. The number of esters is 1. The number of aryl methyl sites for hydroxylation is 1. The molecule has 0 aliphatic heterocycles. The number of carbonyl (C=O) groups is 1. The molecule has 1 N–H and O–H groups in total. The molecule has 0 saturated heterocycles. The molecule has 0 spiro atoms. The summed E-state index contributed by atoms with van der Waals surface area (Å²) < 4.78 is 61.6. The predicted molar refractivity (Wildman–Crippen MR) is 102 cm³/mol. The smallest absolute Gasteiger partial charge is 0.459 e. The number of hydrogen-bond donors (Lipinski definition) is 1. The number of ether oxygens (including phenoxy) is 1. The molecule has 2 atom stereocenters. The maximum absolute atomic E-state index is 13.5. The van der Waals surface area contributed by atoms with Crippen LogP contribution in [0.5, 0.6) is 0 Å². The van der Waals surface area contributed by atoms with Crippen LogP contribution in [0.15, 0.2) is 35.9 Å². The van der Waals surface area contributed by atoms with Gasteiger partial charge in [0.15, 0.2) is 0 Å². The standard InChI is InChI=1S/C20H26F2O5S/c1-5-15-10-18(3,13-27-17(23)20(21,22)28(24,25)26)12-19(4,11-15)16-8-6-14(2)7-9-16/h6-10H,5,11-13H2,1-4H3,(H,24,25,26). The van der Waals surface area contributed by atoms with Gasteiger partial charge in [-0.3, -0.25) is 4.55 Å². The van der Waals surface area contributed by atoms with E-state index in [1.54, 1.807) is 6.92 Å². The summed E-state index contributed by atoms with van der Waals surface area (Å²) in [5.74, 6) is -2.27. The van der Waals surface area contributed by atoms with Crippen LogP contribution >= 0.6 is 0 Å². The van der Waals surface area contributed by atoms with E-state index in [4.69, 9.17) is 4.55 Å². The molecule has 0 saturated carbocycles. The molecule has 8 heteroatoms. The number of rotatable bonds is 6. The molecular weight excluding hydrogens is 390 g/mol. The number of allylic oxidation sites excluding steroid dienone is 1. The summed E-state index contributed by atoms with van der Waals surface area (Å²) in [7, 11) is -5.88.